The summed E-state index contributed by atoms with van der Waals surface area (Å²) in [7, 11) is 0. The lowest BCUT2D eigenvalue weighted by molar-refractivity contribution is -0.137. The molecule has 0 saturated carbocycles. The molecule has 0 saturated heterocycles. The summed E-state index contributed by atoms with van der Waals surface area (Å²) in [5.41, 5.74) is 0.118. The van der Waals surface area contributed by atoms with E-state index in [9.17, 15) is 13.2 Å². The largest absolute Gasteiger partial charge is 0.416 e. The SMILES string of the molecule is C=CC(C)(CNCC)Cc1ccc(C(F)(F)F)cc1. The average Bonchev–Trinajstić information content (AvgIpc) is 2.36. The molecule has 0 aliphatic carbocycles. The molecule has 0 bridgehead atoms. The van der Waals surface area contributed by atoms with Gasteiger partial charge in [0.05, 0.1) is 5.56 Å². The van der Waals surface area contributed by atoms with Crippen LogP contribution >= 0.6 is 0 Å². The molecule has 0 amide bonds. The maximum absolute atomic E-state index is 12.5. The highest BCUT2D eigenvalue weighted by atomic mass is 19.4. The van der Waals surface area contributed by atoms with Gasteiger partial charge in [-0.15, -0.1) is 6.58 Å². The molecule has 1 rings (SSSR count). The first-order valence-corrected chi connectivity index (χ1v) is 6.31. The molecule has 0 radical (unpaired) electrons. The van der Waals surface area contributed by atoms with Gasteiger partial charge in [-0.05, 0) is 30.7 Å². The second kappa shape index (κ2) is 6.24. The van der Waals surface area contributed by atoms with Crippen LogP contribution in [0, 0.1) is 5.41 Å². The molecule has 0 heterocycles. The monoisotopic (exact) mass is 271 g/mol. The fourth-order valence-corrected chi connectivity index (χ4v) is 1.90. The zero-order chi connectivity index (χ0) is 14.5. The summed E-state index contributed by atoms with van der Waals surface area (Å²) in [6.45, 7) is 9.49. The maximum Gasteiger partial charge on any atom is 0.416 e. The van der Waals surface area contributed by atoms with Crippen LogP contribution in [0.4, 0.5) is 13.2 Å². The molecule has 1 aromatic carbocycles. The molecule has 0 spiro atoms. The number of benzene rings is 1. The summed E-state index contributed by atoms with van der Waals surface area (Å²) in [5.74, 6) is 0. The predicted molar refractivity (Wildman–Crippen MR) is 72.0 cm³/mol. The lowest BCUT2D eigenvalue weighted by atomic mass is 9.83. The van der Waals surface area contributed by atoms with Crippen molar-refractivity contribution in [3.05, 3.63) is 48.0 Å². The van der Waals surface area contributed by atoms with Crippen LogP contribution in [0.15, 0.2) is 36.9 Å². The third-order valence-electron chi connectivity index (χ3n) is 3.16. The Morgan fingerprint density at radius 2 is 1.79 bits per heavy atom. The standard InChI is InChI=1S/C15H20F3N/c1-4-14(3,11-19-5-2)10-12-6-8-13(9-7-12)15(16,17)18/h4,6-9,19H,1,5,10-11H2,2-3H3. The third-order valence-corrected chi connectivity index (χ3v) is 3.16. The molecular weight excluding hydrogens is 251 g/mol. The summed E-state index contributed by atoms with van der Waals surface area (Å²) in [4.78, 5) is 0. The minimum absolute atomic E-state index is 0.157. The highest BCUT2D eigenvalue weighted by Gasteiger charge is 2.30. The van der Waals surface area contributed by atoms with E-state index in [1.165, 1.54) is 12.1 Å². The van der Waals surface area contributed by atoms with Crippen LogP contribution in [-0.2, 0) is 12.6 Å². The van der Waals surface area contributed by atoms with Crippen molar-refractivity contribution in [2.24, 2.45) is 5.41 Å². The second-order valence-corrected chi connectivity index (χ2v) is 5.01. The van der Waals surface area contributed by atoms with Crippen molar-refractivity contribution < 1.29 is 13.2 Å². The van der Waals surface area contributed by atoms with Gasteiger partial charge in [0.1, 0.15) is 0 Å². The number of alkyl halides is 3. The predicted octanol–water partition coefficient (Wildman–Crippen LogP) is 4.05. The van der Waals surface area contributed by atoms with Crippen LogP contribution < -0.4 is 5.32 Å². The Hall–Kier alpha value is -1.29. The van der Waals surface area contributed by atoms with Crippen molar-refractivity contribution in [1.82, 2.24) is 5.32 Å². The summed E-state index contributed by atoms with van der Waals surface area (Å²) < 4.78 is 37.4. The first-order valence-electron chi connectivity index (χ1n) is 6.31. The van der Waals surface area contributed by atoms with Crippen LogP contribution in [0.1, 0.15) is 25.0 Å². The number of rotatable bonds is 6. The third kappa shape index (κ3) is 4.71. The van der Waals surface area contributed by atoms with Gasteiger partial charge >= 0.3 is 6.18 Å². The molecule has 1 unspecified atom stereocenters. The highest BCUT2D eigenvalue weighted by molar-refractivity contribution is 5.26. The Labute approximate surface area is 112 Å². The fraction of sp³-hybridized carbons (Fsp3) is 0.467. The topological polar surface area (TPSA) is 12.0 Å². The quantitative estimate of drug-likeness (QED) is 0.770. The summed E-state index contributed by atoms with van der Waals surface area (Å²) in [5, 5.41) is 3.24. The first kappa shape index (κ1) is 15.8. The zero-order valence-electron chi connectivity index (χ0n) is 11.3. The Bertz CT molecular complexity index is 408. The Morgan fingerprint density at radius 3 is 2.21 bits per heavy atom. The van der Waals surface area contributed by atoms with E-state index >= 15 is 0 Å². The highest BCUT2D eigenvalue weighted by Crippen LogP contribution is 2.30. The van der Waals surface area contributed by atoms with Crippen molar-refractivity contribution >= 4 is 0 Å². The van der Waals surface area contributed by atoms with Crippen molar-refractivity contribution in [3.63, 3.8) is 0 Å². The van der Waals surface area contributed by atoms with Crippen LogP contribution in [-0.4, -0.2) is 13.1 Å². The fourth-order valence-electron chi connectivity index (χ4n) is 1.90. The number of halogens is 3. The molecule has 0 aliphatic rings. The van der Waals surface area contributed by atoms with E-state index in [4.69, 9.17) is 0 Å². The molecule has 106 valence electrons. The minimum Gasteiger partial charge on any atom is -0.316 e. The van der Waals surface area contributed by atoms with E-state index in [2.05, 4.69) is 11.9 Å². The van der Waals surface area contributed by atoms with Crippen molar-refractivity contribution in [1.29, 1.82) is 0 Å². The molecule has 1 aromatic rings. The lowest BCUT2D eigenvalue weighted by Gasteiger charge is -2.26. The van der Waals surface area contributed by atoms with Crippen LogP contribution in [0.5, 0.6) is 0 Å². The summed E-state index contributed by atoms with van der Waals surface area (Å²) in [6.07, 6.45) is -1.75. The van der Waals surface area contributed by atoms with Gasteiger partial charge in [-0.1, -0.05) is 32.1 Å². The normalized spacial score (nSPS) is 15.0. The Kier molecular flexibility index (Phi) is 5.18. The van der Waals surface area contributed by atoms with E-state index < -0.39 is 11.7 Å². The van der Waals surface area contributed by atoms with Crippen LogP contribution in [0.3, 0.4) is 0 Å². The van der Waals surface area contributed by atoms with Gasteiger partial charge in [0.25, 0.3) is 0 Å². The van der Waals surface area contributed by atoms with Gasteiger partial charge in [0, 0.05) is 12.0 Å². The molecule has 1 atom stereocenters. The molecule has 4 heteroatoms. The van der Waals surface area contributed by atoms with Crippen molar-refractivity contribution in [2.75, 3.05) is 13.1 Å². The molecule has 0 aromatic heterocycles. The minimum atomic E-state index is -4.27. The van der Waals surface area contributed by atoms with E-state index in [-0.39, 0.29) is 5.41 Å². The molecule has 0 aliphatic heterocycles. The zero-order valence-corrected chi connectivity index (χ0v) is 11.3. The van der Waals surface area contributed by atoms with E-state index in [1.54, 1.807) is 0 Å². The molecule has 1 N–H and O–H groups in total. The molecule has 0 fully saturated rings. The summed E-state index contributed by atoms with van der Waals surface area (Å²) >= 11 is 0. The number of nitrogens with one attached hydrogen (secondary N) is 1. The second-order valence-electron chi connectivity index (χ2n) is 5.01. The Balaban J connectivity index is 2.78. The number of hydrogen-bond acceptors (Lipinski definition) is 1. The van der Waals surface area contributed by atoms with Gasteiger partial charge in [0.15, 0.2) is 0 Å². The smallest absolute Gasteiger partial charge is 0.316 e. The van der Waals surface area contributed by atoms with Gasteiger partial charge in [-0.3, -0.25) is 0 Å². The summed E-state index contributed by atoms with van der Waals surface area (Å²) in [6, 6.07) is 5.34. The maximum atomic E-state index is 12.5. The van der Waals surface area contributed by atoms with Gasteiger partial charge in [-0.25, -0.2) is 0 Å². The Morgan fingerprint density at radius 1 is 1.21 bits per heavy atom. The van der Waals surface area contributed by atoms with Crippen LogP contribution in [0.25, 0.3) is 0 Å². The van der Waals surface area contributed by atoms with Gasteiger partial charge < -0.3 is 5.32 Å². The van der Waals surface area contributed by atoms with E-state index in [0.29, 0.717) is 6.42 Å². The van der Waals surface area contributed by atoms with Crippen molar-refractivity contribution in [3.8, 4) is 0 Å². The van der Waals surface area contributed by atoms with Gasteiger partial charge in [-0.2, -0.15) is 13.2 Å². The van der Waals surface area contributed by atoms with E-state index in [1.807, 2.05) is 19.9 Å². The van der Waals surface area contributed by atoms with Crippen LogP contribution in [0.2, 0.25) is 0 Å². The molecular formula is C15H20F3N. The van der Waals surface area contributed by atoms with Crippen molar-refractivity contribution in [2.45, 2.75) is 26.4 Å². The first-order chi connectivity index (χ1) is 8.80. The van der Waals surface area contributed by atoms with Gasteiger partial charge in [0.2, 0.25) is 0 Å². The molecule has 19 heavy (non-hydrogen) atoms. The lowest BCUT2D eigenvalue weighted by Crippen LogP contribution is -2.31. The number of hydrogen-bond donors (Lipinski definition) is 1. The van der Waals surface area contributed by atoms with E-state index in [0.717, 1.165) is 30.8 Å². The average molecular weight is 271 g/mol. The molecule has 1 nitrogen and oxygen atoms in total.